The van der Waals surface area contributed by atoms with Gasteiger partial charge in [-0.2, -0.15) is 5.26 Å². The quantitative estimate of drug-likeness (QED) is 0.624. The highest BCUT2D eigenvalue weighted by molar-refractivity contribution is 6.30. The summed E-state index contributed by atoms with van der Waals surface area (Å²) in [6.07, 6.45) is 5.47. The van der Waals surface area contributed by atoms with Gasteiger partial charge >= 0.3 is 0 Å². The van der Waals surface area contributed by atoms with E-state index in [0.717, 1.165) is 54.8 Å². The number of rotatable bonds is 3. The normalized spacial score (nSPS) is 18.0. The first-order chi connectivity index (χ1) is 15.1. The highest BCUT2D eigenvalue weighted by Gasteiger charge is 2.31. The fourth-order valence-corrected chi connectivity index (χ4v) is 4.66. The van der Waals surface area contributed by atoms with Crippen molar-refractivity contribution in [2.24, 2.45) is 0 Å². The average Bonchev–Trinajstić information content (AvgIpc) is 3.15. The van der Waals surface area contributed by atoms with Crippen LogP contribution >= 0.6 is 11.6 Å². The molecule has 0 N–H and O–H groups in total. The number of anilines is 1. The Bertz CT molecular complexity index is 1110. The second kappa shape index (κ2) is 8.25. The Morgan fingerprint density at radius 2 is 1.90 bits per heavy atom. The second-order valence-corrected chi connectivity index (χ2v) is 8.54. The first-order valence-electron chi connectivity index (χ1n) is 10.5. The molecule has 1 fully saturated rings. The van der Waals surface area contributed by atoms with Crippen molar-refractivity contribution in [3.8, 4) is 11.8 Å². The van der Waals surface area contributed by atoms with Crippen molar-refractivity contribution in [1.82, 2.24) is 29.6 Å². The van der Waals surface area contributed by atoms with E-state index in [1.165, 1.54) is 0 Å². The lowest BCUT2D eigenvalue weighted by Crippen LogP contribution is -2.34. The average molecular weight is 435 g/mol. The van der Waals surface area contributed by atoms with E-state index in [0.29, 0.717) is 24.0 Å². The first-order valence-corrected chi connectivity index (χ1v) is 10.9. The van der Waals surface area contributed by atoms with E-state index < -0.39 is 0 Å². The molecule has 2 aliphatic heterocycles. The number of piperidine rings is 1. The summed E-state index contributed by atoms with van der Waals surface area (Å²) in [7, 11) is 0. The summed E-state index contributed by atoms with van der Waals surface area (Å²) in [4.78, 5) is 13.1. The van der Waals surface area contributed by atoms with Crippen molar-refractivity contribution in [1.29, 1.82) is 5.26 Å². The van der Waals surface area contributed by atoms with E-state index >= 15 is 0 Å². The molecule has 2 aliphatic rings. The minimum absolute atomic E-state index is 0.229. The molecule has 4 heterocycles. The maximum Gasteiger partial charge on any atom is 0.225 e. The Hall–Kier alpha value is -3.02. The van der Waals surface area contributed by atoms with E-state index in [-0.39, 0.29) is 6.04 Å². The van der Waals surface area contributed by atoms with Gasteiger partial charge in [0.15, 0.2) is 5.82 Å². The molecule has 1 unspecified atom stereocenters. The van der Waals surface area contributed by atoms with Crippen LogP contribution < -0.4 is 4.90 Å². The van der Waals surface area contributed by atoms with Gasteiger partial charge in [0, 0.05) is 43.0 Å². The monoisotopic (exact) mass is 434 g/mol. The van der Waals surface area contributed by atoms with E-state index in [1.54, 1.807) is 12.4 Å². The summed E-state index contributed by atoms with van der Waals surface area (Å²) < 4.78 is 2.19. The van der Waals surface area contributed by atoms with Crippen LogP contribution in [0, 0.1) is 11.3 Å². The van der Waals surface area contributed by atoms with Crippen LogP contribution in [0.4, 0.5) is 5.95 Å². The third-order valence-corrected chi connectivity index (χ3v) is 6.42. The molecule has 1 atom stereocenters. The van der Waals surface area contributed by atoms with Gasteiger partial charge in [0.1, 0.15) is 5.82 Å². The highest BCUT2D eigenvalue weighted by Crippen LogP contribution is 2.34. The third kappa shape index (κ3) is 3.75. The summed E-state index contributed by atoms with van der Waals surface area (Å²) in [5.74, 6) is 2.93. The molecule has 2 aromatic heterocycles. The minimum atomic E-state index is -0.229. The van der Waals surface area contributed by atoms with Crippen molar-refractivity contribution in [3.05, 3.63) is 58.9 Å². The number of nitriles is 1. The van der Waals surface area contributed by atoms with Crippen LogP contribution in [-0.4, -0.2) is 48.8 Å². The number of nitrogens with zero attached hydrogens (tertiary/aromatic N) is 8. The summed E-state index contributed by atoms with van der Waals surface area (Å²) in [6, 6.07) is 9.89. The van der Waals surface area contributed by atoms with Gasteiger partial charge < -0.3 is 4.90 Å². The van der Waals surface area contributed by atoms with Crippen molar-refractivity contribution in [3.63, 3.8) is 0 Å². The second-order valence-electron chi connectivity index (χ2n) is 8.10. The predicted octanol–water partition coefficient (Wildman–Crippen LogP) is 3.32. The first kappa shape index (κ1) is 19.9. The van der Waals surface area contributed by atoms with Crippen LogP contribution in [-0.2, 0) is 13.1 Å². The molecule has 3 aromatic rings. The standard InChI is InChI=1S/C22H23ClN8/c1-15(12-24)30-13-17-11-18(23)3-4-19(17)31-20(14-30)27-28-21(31)16-5-9-29(10-6-16)22-25-7-2-8-26-22/h2-4,7-8,11,15-16H,5-6,9-10,13-14H2,1H3. The molecule has 31 heavy (non-hydrogen) atoms. The Labute approximate surface area is 186 Å². The summed E-state index contributed by atoms with van der Waals surface area (Å²) in [6.45, 7) is 4.89. The van der Waals surface area contributed by atoms with Gasteiger partial charge in [0.25, 0.3) is 0 Å². The molecule has 0 bridgehead atoms. The molecule has 0 amide bonds. The largest absolute Gasteiger partial charge is 0.341 e. The van der Waals surface area contributed by atoms with Gasteiger partial charge in [0.2, 0.25) is 5.95 Å². The molecule has 0 saturated carbocycles. The van der Waals surface area contributed by atoms with Gasteiger partial charge in [-0.05, 0) is 49.6 Å². The number of hydrogen-bond acceptors (Lipinski definition) is 7. The van der Waals surface area contributed by atoms with Crippen molar-refractivity contribution >= 4 is 17.5 Å². The number of fused-ring (bicyclic) bond motifs is 3. The molecule has 0 spiro atoms. The molecule has 1 saturated heterocycles. The molecular formula is C22H23ClN8. The topological polar surface area (TPSA) is 86.8 Å². The fraction of sp³-hybridized carbons (Fsp3) is 0.409. The van der Waals surface area contributed by atoms with E-state index in [4.69, 9.17) is 11.6 Å². The van der Waals surface area contributed by atoms with Crippen LogP contribution in [0.3, 0.4) is 0 Å². The minimum Gasteiger partial charge on any atom is -0.341 e. The molecule has 0 aliphatic carbocycles. The van der Waals surface area contributed by atoms with E-state index in [9.17, 15) is 5.26 Å². The Morgan fingerprint density at radius 3 is 2.65 bits per heavy atom. The third-order valence-electron chi connectivity index (χ3n) is 6.19. The van der Waals surface area contributed by atoms with Crippen molar-refractivity contribution < 1.29 is 0 Å². The smallest absolute Gasteiger partial charge is 0.225 e. The zero-order chi connectivity index (χ0) is 21.4. The molecule has 158 valence electrons. The molecule has 1 aromatic carbocycles. The molecule has 8 nitrogen and oxygen atoms in total. The zero-order valence-corrected chi connectivity index (χ0v) is 18.1. The van der Waals surface area contributed by atoms with Crippen LogP contribution in [0.1, 0.15) is 42.9 Å². The molecule has 5 rings (SSSR count). The lowest BCUT2D eigenvalue weighted by molar-refractivity contribution is 0.225. The maximum absolute atomic E-state index is 9.48. The summed E-state index contributed by atoms with van der Waals surface area (Å²) in [5, 5.41) is 19.3. The maximum atomic E-state index is 9.48. The number of benzene rings is 1. The van der Waals surface area contributed by atoms with Crippen LogP contribution in [0.2, 0.25) is 5.02 Å². The van der Waals surface area contributed by atoms with Crippen LogP contribution in [0.5, 0.6) is 0 Å². The van der Waals surface area contributed by atoms with E-state index in [1.807, 2.05) is 31.2 Å². The molecular weight excluding hydrogens is 412 g/mol. The summed E-state index contributed by atoms with van der Waals surface area (Å²) in [5.41, 5.74) is 2.14. The fourth-order valence-electron chi connectivity index (χ4n) is 4.46. The Morgan fingerprint density at radius 1 is 1.13 bits per heavy atom. The SMILES string of the molecule is CC(C#N)N1Cc2cc(Cl)ccc2-n2c(nnc2C2CCN(c3ncccn3)CC2)C1. The Kier molecular flexibility index (Phi) is 5.30. The van der Waals surface area contributed by atoms with Crippen molar-refractivity contribution in [2.45, 2.75) is 44.8 Å². The highest BCUT2D eigenvalue weighted by atomic mass is 35.5. The van der Waals surface area contributed by atoms with Gasteiger partial charge in [-0.3, -0.25) is 9.47 Å². The predicted molar refractivity (Wildman–Crippen MR) is 117 cm³/mol. The number of halogens is 1. The van der Waals surface area contributed by atoms with Gasteiger partial charge in [-0.1, -0.05) is 11.6 Å². The van der Waals surface area contributed by atoms with E-state index in [2.05, 4.69) is 40.6 Å². The lowest BCUT2D eigenvalue weighted by atomic mass is 9.95. The number of hydrogen-bond donors (Lipinski definition) is 0. The van der Waals surface area contributed by atoms with Crippen LogP contribution in [0.25, 0.3) is 5.69 Å². The van der Waals surface area contributed by atoms with Gasteiger partial charge in [-0.25, -0.2) is 9.97 Å². The Balaban J connectivity index is 1.47. The van der Waals surface area contributed by atoms with Crippen molar-refractivity contribution in [2.75, 3.05) is 18.0 Å². The van der Waals surface area contributed by atoms with Gasteiger partial charge in [0.05, 0.1) is 24.3 Å². The van der Waals surface area contributed by atoms with Crippen LogP contribution in [0.15, 0.2) is 36.7 Å². The van der Waals surface area contributed by atoms with Gasteiger partial charge in [-0.15, -0.1) is 10.2 Å². The summed E-state index contributed by atoms with van der Waals surface area (Å²) >= 11 is 6.31. The number of aromatic nitrogens is 5. The zero-order valence-electron chi connectivity index (χ0n) is 17.3. The molecule has 0 radical (unpaired) electrons. The molecule has 9 heteroatoms. The lowest BCUT2D eigenvalue weighted by Gasteiger charge is -2.31.